The van der Waals surface area contributed by atoms with Crippen LogP contribution in [0, 0.1) is 11.3 Å². The summed E-state index contributed by atoms with van der Waals surface area (Å²) in [5.74, 6) is 0.293. The Bertz CT molecular complexity index is 408. The zero-order valence-electron chi connectivity index (χ0n) is 9.74. The molecule has 0 aliphatic carbocycles. The van der Waals surface area contributed by atoms with Crippen molar-refractivity contribution in [2.75, 3.05) is 0 Å². The van der Waals surface area contributed by atoms with Gasteiger partial charge in [0.2, 0.25) is 0 Å². The molecule has 0 bridgehead atoms. The maximum absolute atomic E-state index is 11.8. The van der Waals surface area contributed by atoms with Crippen molar-refractivity contribution in [1.29, 1.82) is 5.26 Å². The van der Waals surface area contributed by atoms with Crippen molar-refractivity contribution < 1.29 is 4.79 Å². The maximum Gasteiger partial charge on any atom is 0.251 e. The second-order valence-corrected chi connectivity index (χ2v) is 4.04. The molecule has 0 radical (unpaired) electrons. The van der Waals surface area contributed by atoms with E-state index in [0.29, 0.717) is 17.9 Å². The Morgan fingerprint density at radius 1 is 1.47 bits per heavy atom. The third-order valence-corrected chi connectivity index (χ3v) is 2.84. The first-order valence-electron chi connectivity index (χ1n) is 5.54. The van der Waals surface area contributed by atoms with Crippen LogP contribution in [0.3, 0.4) is 0 Å². The quantitative estimate of drug-likeness (QED) is 0.817. The molecule has 0 aromatic heterocycles. The summed E-state index contributed by atoms with van der Waals surface area (Å²) in [6.45, 7) is 1.94. The molecule has 3 nitrogen and oxygen atoms in total. The van der Waals surface area contributed by atoms with Gasteiger partial charge in [0.15, 0.2) is 0 Å². The van der Waals surface area contributed by atoms with Crippen LogP contribution in [0.5, 0.6) is 0 Å². The molecule has 4 heteroatoms. The molecule has 0 saturated carbocycles. The van der Waals surface area contributed by atoms with E-state index in [0.717, 1.165) is 12.0 Å². The fourth-order valence-electron chi connectivity index (χ4n) is 1.42. The standard InChI is InChI=1S/C13H15ClN2O/c1-2-12(7-8-15)16-13(17)11-5-3-10(9-14)4-6-11/h3-6,12H,2,7,9H2,1H3,(H,16,17). The molecule has 0 heterocycles. The lowest BCUT2D eigenvalue weighted by molar-refractivity contribution is 0.0936. The van der Waals surface area contributed by atoms with E-state index in [1.54, 1.807) is 12.1 Å². The fourth-order valence-corrected chi connectivity index (χ4v) is 1.60. The molecule has 1 unspecified atom stereocenters. The molecule has 0 spiro atoms. The number of carbonyl (C=O) groups is 1. The average molecular weight is 251 g/mol. The van der Waals surface area contributed by atoms with E-state index in [1.165, 1.54) is 0 Å². The van der Waals surface area contributed by atoms with Crippen LogP contribution in [0.4, 0.5) is 0 Å². The highest BCUT2D eigenvalue weighted by atomic mass is 35.5. The lowest BCUT2D eigenvalue weighted by atomic mass is 10.1. The summed E-state index contributed by atoms with van der Waals surface area (Å²) in [6.07, 6.45) is 1.08. The zero-order chi connectivity index (χ0) is 12.7. The highest BCUT2D eigenvalue weighted by Gasteiger charge is 2.11. The topological polar surface area (TPSA) is 52.9 Å². The fraction of sp³-hybridized carbons (Fsp3) is 0.385. The highest BCUT2D eigenvalue weighted by molar-refractivity contribution is 6.17. The van der Waals surface area contributed by atoms with Crippen LogP contribution < -0.4 is 5.32 Å². The van der Waals surface area contributed by atoms with Crippen LogP contribution in [0.1, 0.15) is 35.7 Å². The van der Waals surface area contributed by atoms with Gasteiger partial charge in [-0.2, -0.15) is 5.26 Å². The number of hydrogen-bond acceptors (Lipinski definition) is 2. The largest absolute Gasteiger partial charge is 0.348 e. The number of halogens is 1. The normalized spacial score (nSPS) is 11.6. The van der Waals surface area contributed by atoms with Crippen molar-refractivity contribution in [2.24, 2.45) is 0 Å². The van der Waals surface area contributed by atoms with Crippen molar-refractivity contribution in [3.63, 3.8) is 0 Å². The third-order valence-electron chi connectivity index (χ3n) is 2.54. The first kappa shape index (κ1) is 13.5. The lowest BCUT2D eigenvalue weighted by Crippen LogP contribution is -2.34. The van der Waals surface area contributed by atoms with E-state index in [2.05, 4.69) is 11.4 Å². The van der Waals surface area contributed by atoms with E-state index in [4.69, 9.17) is 16.9 Å². The number of hydrogen-bond donors (Lipinski definition) is 1. The van der Waals surface area contributed by atoms with Crippen molar-refractivity contribution >= 4 is 17.5 Å². The highest BCUT2D eigenvalue weighted by Crippen LogP contribution is 2.07. The number of carbonyl (C=O) groups excluding carboxylic acids is 1. The minimum Gasteiger partial charge on any atom is -0.348 e. The molecule has 0 saturated heterocycles. The summed E-state index contributed by atoms with van der Waals surface area (Å²) < 4.78 is 0. The van der Waals surface area contributed by atoms with E-state index >= 15 is 0 Å². The van der Waals surface area contributed by atoms with Gasteiger partial charge in [-0.25, -0.2) is 0 Å². The molecule has 17 heavy (non-hydrogen) atoms. The Morgan fingerprint density at radius 3 is 2.59 bits per heavy atom. The van der Waals surface area contributed by atoms with Gasteiger partial charge in [-0.15, -0.1) is 11.6 Å². The van der Waals surface area contributed by atoms with Crippen LogP contribution in [0.25, 0.3) is 0 Å². The molecular formula is C13H15ClN2O. The number of alkyl halides is 1. The van der Waals surface area contributed by atoms with Crippen LogP contribution in [-0.4, -0.2) is 11.9 Å². The summed E-state index contributed by atoms with van der Waals surface area (Å²) in [6, 6.07) is 9.12. The summed E-state index contributed by atoms with van der Waals surface area (Å²) in [7, 11) is 0. The Kier molecular flexibility index (Phi) is 5.51. The summed E-state index contributed by atoms with van der Waals surface area (Å²) in [5.41, 5.74) is 1.57. The molecule has 0 aliphatic rings. The Balaban J connectivity index is 2.65. The van der Waals surface area contributed by atoms with E-state index in [1.807, 2.05) is 19.1 Å². The van der Waals surface area contributed by atoms with E-state index in [9.17, 15) is 4.79 Å². The molecular weight excluding hydrogens is 236 g/mol. The van der Waals surface area contributed by atoms with Gasteiger partial charge in [-0.05, 0) is 24.1 Å². The van der Waals surface area contributed by atoms with Gasteiger partial charge in [-0.3, -0.25) is 4.79 Å². The van der Waals surface area contributed by atoms with Gasteiger partial charge in [-0.1, -0.05) is 19.1 Å². The van der Waals surface area contributed by atoms with Gasteiger partial charge in [0.05, 0.1) is 12.5 Å². The lowest BCUT2D eigenvalue weighted by Gasteiger charge is -2.13. The van der Waals surface area contributed by atoms with Gasteiger partial charge in [0.25, 0.3) is 5.91 Å². The van der Waals surface area contributed by atoms with Gasteiger partial charge < -0.3 is 5.32 Å². The Hall–Kier alpha value is -1.53. The van der Waals surface area contributed by atoms with Gasteiger partial charge >= 0.3 is 0 Å². The number of nitrogens with one attached hydrogen (secondary N) is 1. The Labute approximate surface area is 106 Å². The molecule has 1 N–H and O–H groups in total. The molecule has 1 rings (SSSR count). The molecule has 1 aromatic rings. The SMILES string of the molecule is CCC(CC#N)NC(=O)c1ccc(CCl)cc1. The zero-order valence-corrected chi connectivity index (χ0v) is 10.5. The van der Waals surface area contributed by atoms with Gasteiger partial charge in [0.1, 0.15) is 0 Å². The van der Waals surface area contributed by atoms with E-state index in [-0.39, 0.29) is 11.9 Å². The molecule has 0 fully saturated rings. The van der Waals surface area contributed by atoms with Crippen molar-refractivity contribution in [1.82, 2.24) is 5.32 Å². The number of rotatable bonds is 5. The summed E-state index contributed by atoms with van der Waals surface area (Å²) in [4.78, 5) is 11.8. The summed E-state index contributed by atoms with van der Waals surface area (Å²) >= 11 is 5.67. The predicted octanol–water partition coefficient (Wildman–Crippen LogP) is 2.85. The molecule has 1 amide bonds. The van der Waals surface area contributed by atoms with Crippen LogP contribution in [0.15, 0.2) is 24.3 Å². The minimum absolute atomic E-state index is 0.0831. The number of nitriles is 1. The van der Waals surface area contributed by atoms with Crippen molar-refractivity contribution in [3.05, 3.63) is 35.4 Å². The smallest absolute Gasteiger partial charge is 0.251 e. The predicted molar refractivity (Wildman–Crippen MR) is 67.8 cm³/mol. The molecule has 90 valence electrons. The number of amides is 1. The number of benzene rings is 1. The first-order valence-corrected chi connectivity index (χ1v) is 6.07. The van der Waals surface area contributed by atoms with Crippen molar-refractivity contribution in [2.45, 2.75) is 31.7 Å². The molecule has 0 aliphatic heterocycles. The first-order chi connectivity index (χ1) is 8.21. The average Bonchev–Trinajstić information content (AvgIpc) is 2.38. The van der Waals surface area contributed by atoms with Crippen LogP contribution in [-0.2, 0) is 5.88 Å². The minimum atomic E-state index is -0.145. The third kappa shape index (κ3) is 4.08. The number of nitrogens with zero attached hydrogens (tertiary/aromatic N) is 1. The summed E-state index contributed by atoms with van der Waals surface area (Å²) in [5, 5.41) is 11.4. The monoisotopic (exact) mass is 250 g/mol. The maximum atomic E-state index is 11.8. The second kappa shape index (κ2) is 6.93. The van der Waals surface area contributed by atoms with Crippen LogP contribution in [0.2, 0.25) is 0 Å². The van der Waals surface area contributed by atoms with Crippen molar-refractivity contribution in [3.8, 4) is 6.07 Å². The van der Waals surface area contributed by atoms with Gasteiger partial charge in [0, 0.05) is 17.5 Å². The van der Waals surface area contributed by atoms with E-state index < -0.39 is 0 Å². The molecule has 1 aromatic carbocycles. The molecule has 1 atom stereocenters. The second-order valence-electron chi connectivity index (χ2n) is 3.77. The Morgan fingerprint density at radius 2 is 2.12 bits per heavy atom. The van der Waals surface area contributed by atoms with Crippen LogP contribution >= 0.6 is 11.6 Å².